The summed E-state index contributed by atoms with van der Waals surface area (Å²) in [7, 11) is 0. The maximum absolute atomic E-state index is 8.83. The molecule has 4 rings (SSSR count). The summed E-state index contributed by atoms with van der Waals surface area (Å²) >= 11 is 0. The van der Waals surface area contributed by atoms with E-state index in [4.69, 9.17) is 1.37 Å². The molecule has 22 heavy (non-hydrogen) atoms. The first-order valence-corrected chi connectivity index (χ1v) is 8.77. The van der Waals surface area contributed by atoms with Gasteiger partial charge in [-0.25, -0.2) is 0 Å². The average molecular weight is 297 g/mol. The quantitative estimate of drug-likeness (QED) is 0.790. The highest BCUT2D eigenvalue weighted by atomic mass is 15.4. The Morgan fingerprint density at radius 2 is 1.95 bits per heavy atom. The fourth-order valence-corrected chi connectivity index (χ4v) is 5.10. The molecule has 2 aliphatic heterocycles. The molecule has 0 N–H and O–H groups in total. The number of rotatable bonds is 2. The second-order valence-electron chi connectivity index (χ2n) is 7.61. The van der Waals surface area contributed by atoms with Crippen molar-refractivity contribution in [1.82, 2.24) is 4.90 Å². The molecule has 0 aromatic heterocycles. The minimum atomic E-state index is -0.310. The predicted octanol–water partition coefficient (Wildman–Crippen LogP) is 4.56. The Bertz CT molecular complexity index is 622. The normalized spacial score (nSPS) is 38.7. The highest BCUT2D eigenvalue weighted by molar-refractivity contribution is 5.55. The van der Waals surface area contributed by atoms with Crippen LogP contribution in [0.2, 0.25) is 0 Å². The van der Waals surface area contributed by atoms with Crippen LogP contribution in [0.25, 0.3) is 0 Å². The molecule has 2 fully saturated rings. The Labute approximate surface area is 136 Å². The lowest BCUT2D eigenvalue weighted by atomic mass is 9.70. The topological polar surface area (TPSA) is 6.48 Å². The van der Waals surface area contributed by atoms with E-state index in [1.165, 1.54) is 36.9 Å². The monoisotopic (exact) mass is 297 g/mol. The summed E-state index contributed by atoms with van der Waals surface area (Å²) in [4.78, 5) is 4.62. The van der Waals surface area contributed by atoms with Crippen LogP contribution in [0.1, 0.15) is 46.5 Å². The van der Waals surface area contributed by atoms with E-state index in [0.29, 0.717) is 12.1 Å². The molecule has 0 bridgehead atoms. The van der Waals surface area contributed by atoms with Crippen molar-refractivity contribution in [1.29, 1.82) is 0 Å². The first-order valence-electron chi connectivity index (χ1n) is 9.35. The maximum atomic E-state index is 8.83. The third kappa shape index (κ3) is 1.92. The molecule has 1 aromatic carbocycles. The van der Waals surface area contributed by atoms with E-state index in [-0.39, 0.29) is 12.1 Å². The Balaban J connectivity index is 1.70. The molecule has 118 valence electrons. The molecule has 4 atom stereocenters. The van der Waals surface area contributed by atoms with Crippen LogP contribution in [-0.2, 0) is 0 Å². The van der Waals surface area contributed by atoms with Gasteiger partial charge in [0.1, 0.15) is 0 Å². The summed E-state index contributed by atoms with van der Waals surface area (Å²) in [6, 6.07) is 9.29. The number of para-hydroxylation sites is 1. The average Bonchev–Trinajstić information content (AvgIpc) is 3.22. The first-order chi connectivity index (χ1) is 11.0. The highest BCUT2D eigenvalue weighted by Gasteiger charge is 2.52. The Kier molecular flexibility index (Phi) is 2.99. The van der Waals surface area contributed by atoms with E-state index >= 15 is 0 Å². The van der Waals surface area contributed by atoms with Crippen molar-refractivity contribution in [3.05, 3.63) is 42.1 Å². The van der Waals surface area contributed by atoms with Gasteiger partial charge in [0.15, 0.2) is 0 Å². The summed E-state index contributed by atoms with van der Waals surface area (Å²) in [5.41, 5.74) is 2.70. The molecular weight excluding hydrogens is 268 g/mol. The van der Waals surface area contributed by atoms with Gasteiger partial charge in [-0.2, -0.15) is 0 Å². The van der Waals surface area contributed by atoms with Crippen LogP contribution < -0.4 is 4.90 Å². The van der Waals surface area contributed by atoms with Gasteiger partial charge in [0, 0.05) is 17.1 Å². The first kappa shape index (κ1) is 13.0. The highest BCUT2D eigenvalue weighted by Crippen LogP contribution is 2.51. The molecule has 1 aromatic rings. The molecule has 0 radical (unpaired) electrons. The van der Waals surface area contributed by atoms with E-state index in [1.807, 2.05) is 0 Å². The summed E-state index contributed by atoms with van der Waals surface area (Å²) in [6.45, 7) is 6.60. The maximum Gasteiger partial charge on any atom is 0.0905 e. The van der Waals surface area contributed by atoms with Gasteiger partial charge in [-0.05, 0) is 50.4 Å². The van der Waals surface area contributed by atoms with Crippen molar-refractivity contribution in [2.24, 2.45) is 11.3 Å². The Hall–Kier alpha value is -1.44. The smallest absolute Gasteiger partial charge is 0.0905 e. The van der Waals surface area contributed by atoms with Gasteiger partial charge in [0.2, 0.25) is 0 Å². The van der Waals surface area contributed by atoms with Crippen LogP contribution in [0.4, 0.5) is 5.69 Å². The molecule has 3 aliphatic rings. The van der Waals surface area contributed by atoms with Crippen LogP contribution in [0.5, 0.6) is 0 Å². The second-order valence-corrected chi connectivity index (χ2v) is 7.61. The van der Waals surface area contributed by atoms with Gasteiger partial charge in [0.25, 0.3) is 0 Å². The fourth-order valence-electron chi connectivity index (χ4n) is 5.10. The van der Waals surface area contributed by atoms with Crippen LogP contribution in [0.15, 0.2) is 36.5 Å². The number of benzene rings is 1. The molecule has 1 saturated heterocycles. The van der Waals surface area contributed by atoms with Crippen LogP contribution in [0, 0.1) is 18.3 Å². The molecule has 2 heteroatoms. The number of hydrogen-bond acceptors (Lipinski definition) is 2. The van der Waals surface area contributed by atoms with E-state index in [0.717, 1.165) is 5.92 Å². The summed E-state index contributed by atoms with van der Waals surface area (Å²) in [6.07, 6.45) is 10.1. The third-order valence-corrected chi connectivity index (χ3v) is 6.35. The molecule has 1 aliphatic carbocycles. The van der Waals surface area contributed by atoms with Gasteiger partial charge in [-0.1, -0.05) is 44.0 Å². The van der Waals surface area contributed by atoms with E-state index in [1.54, 1.807) is 0 Å². The summed E-state index contributed by atoms with van der Waals surface area (Å²) in [5, 5.41) is 0. The minimum Gasteiger partial charge on any atom is -0.354 e. The second kappa shape index (κ2) is 5.04. The molecule has 2 nitrogen and oxygen atoms in total. The van der Waals surface area contributed by atoms with Crippen molar-refractivity contribution in [2.75, 3.05) is 11.5 Å². The zero-order chi connectivity index (χ0) is 16.2. The molecular formula is C20H28N2. The lowest BCUT2D eigenvalue weighted by Gasteiger charge is -2.39. The van der Waals surface area contributed by atoms with Crippen molar-refractivity contribution in [2.45, 2.75) is 58.5 Å². The van der Waals surface area contributed by atoms with Crippen molar-refractivity contribution >= 4 is 5.69 Å². The van der Waals surface area contributed by atoms with E-state index in [9.17, 15) is 0 Å². The molecule has 3 unspecified atom stereocenters. The van der Waals surface area contributed by atoms with Crippen molar-refractivity contribution in [3.63, 3.8) is 0 Å². The largest absolute Gasteiger partial charge is 0.354 e. The molecule has 0 amide bonds. The number of aryl methyl sites for hydroxylation is 1. The number of hydrogen-bond donors (Lipinski definition) is 0. The predicted molar refractivity (Wildman–Crippen MR) is 92.8 cm³/mol. The third-order valence-electron chi connectivity index (χ3n) is 6.35. The number of anilines is 1. The van der Waals surface area contributed by atoms with E-state index < -0.39 is 0 Å². The summed E-state index contributed by atoms with van der Waals surface area (Å²) in [5.74, 6) is 0.778. The van der Waals surface area contributed by atoms with Gasteiger partial charge in [0.05, 0.1) is 14.1 Å². The Morgan fingerprint density at radius 3 is 2.68 bits per heavy atom. The van der Waals surface area contributed by atoms with Crippen molar-refractivity contribution in [3.8, 4) is 0 Å². The molecule has 1 saturated carbocycles. The van der Waals surface area contributed by atoms with Gasteiger partial charge < -0.3 is 9.80 Å². The zero-order valence-electron chi connectivity index (χ0n) is 15.0. The zero-order valence-corrected chi connectivity index (χ0v) is 14.0. The molecule has 2 heterocycles. The van der Waals surface area contributed by atoms with Crippen LogP contribution in [0.3, 0.4) is 0 Å². The Morgan fingerprint density at radius 1 is 1.23 bits per heavy atom. The number of nitrogens with zero attached hydrogens (tertiary/aromatic N) is 2. The van der Waals surface area contributed by atoms with Gasteiger partial charge >= 0.3 is 0 Å². The summed E-state index contributed by atoms with van der Waals surface area (Å²) < 4.78 is 8.83. The lowest BCUT2D eigenvalue weighted by molar-refractivity contribution is 0.148. The number of fused-ring (bicyclic) bond motifs is 1. The van der Waals surface area contributed by atoms with Crippen LogP contribution in [-0.4, -0.2) is 23.6 Å². The fraction of sp³-hybridized carbons (Fsp3) is 0.600. The lowest BCUT2D eigenvalue weighted by Crippen LogP contribution is -2.45. The van der Waals surface area contributed by atoms with E-state index in [2.05, 4.69) is 67.1 Å². The van der Waals surface area contributed by atoms with Gasteiger partial charge in [-0.3, -0.25) is 0 Å². The SMILES string of the molecule is [2H]C1N2C=CC(C)(C3CCCC3)C2[C@H](C)N1c1ccccc1C. The standard InChI is InChI=1S/C20H28N2/c1-15-8-4-7-11-18(15)22-14-21-13-12-20(3,19(21)16(22)2)17-9-5-6-10-17/h4,7-8,11-13,16-17,19H,5-6,9-10,14H2,1-3H3/t16-,19?,20?/m0/s1/i14D/t14?,16-,19?,20?. The van der Waals surface area contributed by atoms with Gasteiger partial charge in [-0.15, -0.1) is 0 Å². The van der Waals surface area contributed by atoms with Crippen LogP contribution >= 0.6 is 0 Å². The van der Waals surface area contributed by atoms with Crippen molar-refractivity contribution < 1.29 is 1.37 Å². The minimum absolute atomic E-state index is 0.215. The molecule has 0 spiro atoms.